The van der Waals surface area contributed by atoms with Crippen molar-refractivity contribution < 1.29 is 77.2 Å². The summed E-state index contributed by atoms with van der Waals surface area (Å²) in [6, 6.07) is 0. The summed E-state index contributed by atoms with van der Waals surface area (Å²) < 4.78 is 48.3. The van der Waals surface area contributed by atoms with E-state index in [4.69, 9.17) is 37.9 Å². The van der Waals surface area contributed by atoms with Crippen molar-refractivity contribution in [3.63, 3.8) is 0 Å². The van der Waals surface area contributed by atoms with Crippen LogP contribution in [-0.2, 0) is 61.9 Å². The zero-order valence-electron chi connectivity index (χ0n) is 37.0. The number of rotatable bonds is 8. The topological polar surface area (TPSA) is 220 Å². The predicted molar refractivity (Wildman–Crippen MR) is 220 cm³/mol. The van der Waals surface area contributed by atoms with E-state index in [0.29, 0.717) is 5.57 Å². The second-order valence-corrected chi connectivity index (χ2v) is 18.1. The summed E-state index contributed by atoms with van der Waals surface area (Å²) in [4.78, 5) is 65.1. The van der Waals surface area contributed by atoms with Gasteiger partial charge in [0.15, 0.2) is 11.9 Å². The Labute approximate surface area is 363 Å². The van der Waals surface area contributed by atoms with Crippen LogP contribution in [0.1, 0.15) is 113 Å². The van der Waals surface area contributed by atoms with Gasteiger partial charge >= 0.3 is 29.8 Å². The molecule has 3 fully saturated rings. The minimum Gasteiger partial charge on any atom is -0.466 e. The first-order chi connectivity index (χ1) is 29.1. The number of ether oxygens (including phenoxy) is 8. The Balaban J connectivity index is 1.61. The van der Waals surface area contributed by atoms with Crippen molar-refractivity contribution in [1.29, 1.82) is 0 Å². The third-order valence-corrected chi connectivity index (χ3v) is 12.4. The number of methoxy groups -OCH3 is 1. The van der Waals surface area contributed by atoms with Crippen molar-refractivity contribution in [2.75, 3.05) is 7.11 Å². The van der Waals surface area contributed by atoms with Crippen LogP contribution in [-0.4, -0.2) is 113 Å². The molecule has 7 bridgehead atoms. The van der Waals surface area contributed by atoms with Gasteiger partial charge in [-0.1, -0.05) is 63.1 Å². The Bertz CT molecular complexity index is 1820. The number of esters is 5. The maximum Gasteiger partial charge on any atom is 0.331 e. The van der Waals surface area contributed by atoms with Crippen LogP contribution in [0.3, 0.4) is 0 Å². The van der Waals surface area contributed by atoms with Crippen LogP contribution in [0.4, 0.5) is 0 Å². The van der Waals surface area contributed by atoms with Crippen molar-refractivity contribution in [2.45, 2.75) is 173 Å². The maximum atomic E-state index is 13.4. The number of aliphatic hydroxyl groups is 3. The number of hydrogen-bond acceptors (Lipinski definition) is 16. The quantitative estimate of drug-likeness (QED) is 0.0973. The summed E-state index contributed by atoms with van der Waals surface area (Å²) in [6.45, 7) is 11.6. The third kappa shape index (κ3) is 11.4. The molecule has 3 saturated heterocycles. The first kappa shape index (κ1) is 48.7. The molecule has 0 radical (unpaired) electrons. The van der Waals surface area contributed by atoms with Crippen molar-refractivity contribution >= 4 is 29.8 Å². The molecule has 344 valence electrons. The lowest BCUT2D eigenvalue weighted by molar-refractivity contribution is -0.348. The van der Waals surface area contributed by atoms with Crippen molar-refractivity contribution in [2.24, 2.45) is 16.7 Å². The molecule has 3 N–H and O–H groups in total. The fraction of sp³-hybridized carbons (Fsp3) is 0.674. The van der Waals surface area contributed by atoms with Crippen LogP contribution < -0.4 is 0 Å². The van der Waals surface area contributed by atoms with E-state index < -0.39 is 113 Å². The van der Waals surface area contributed by atoms with Gasteiger partial charge in [0.1, 0.15) is 18.0 Å². The van der Waals surface area contributed by atoms with Crippen molar-refractivity contribution in [3.8, 4) is 0 Å². The normalized spacial score (nSPS) is 36.6. The molecule has 0 aliphatic carbocycles. The number of unbranched alkanes of at least 4 members (excludes halogenated alkanes) is 1. The average Bonchev–Trinajstić information content (AvgIpc) is 3.15. The SMILES string of the molecule is CCC/C=C/C=C/C(=O)O[C@H]1[C@H]2C=C3C[C@H]([C@@H](C)O)OC(=O)C[C@H](O)C[C@@H]4C[C@H](OC(C)=O)C(C)(C)[C@](O)(C[C@@H]5C/C(=C\C(=O)OC)C[C@H](/C=C/C(C)(C)[C@]1(OC(=O)C2)O3)O5)O4. The van der Waals surface area contributed by atoms with Gasteiger partial charge in [0.2, 0.25) is 0 Å². The van der Waals surface area contributed by atoms with Crippen LogP contribution in [0.2, 0.25) is 0 Å². The second-order valence-electron chi connectivity index (χ2n) is 18.1. The highest BCUT2D eigenvalue weighted by Gasteiger charge is 2.65. The third-order valence-electron chi connectivity index (χ3n) is 12.4. The zero-order valence-corrected chi connectivity index (χ0v) is 37.0. The van der Waals surface area contributed by atoms with Gasteiger partial charge in [0.05, 0.1) is 61.3 Å². The first-order valence-electron chi connectivity index (χ1n) is 21.5. The molecule has 11 atom stereocenters. The van der Waals surface area contributed by atoms with E-state index in [9.17, 15) is 39.3 Å². The molecule has 5 aliphatic heterocycles. The number of carbonyl (C=O) groups is 5. The van der Waals surface area contributed by atoms with Gasteiger partial charge < -0.3 is 53.2 Å². The number of cyclic esters (lactones) is 1. The van der Waals surface area contributed by atoms with Crippen LogP contribution in [0.15, 0.2) is 59.9 Å². The molecule has 0 aromatic rings. The molecule has 1 spiro atoms. The fourth-order valence-corrected chi connectivity index (χ4v) is 8.83. The van der Waals surface area contributed by atoms with E-state index in [0.717, 1.165) is 12.8 Å². The molecule has 62 heavy (non-hydrogen) atoms. The molecule has 16 nitrogen and oxygen atoms in total. The number of hydrogen-bond donors (Lipinski definition) is 3. The maximum absolute atomic E-state index is 13.4. The second kappa shape index (κ2) is 20.0. The Morgan fingerprint density at radius 3 is 2.37 bits per heavy atom. The zero-order chi connectivity index (χ0) is 45.6. The van der Waals surface area contributed by atoms with Gasteiger partial charge in [-0.25, -0.2) is 9.59 Å². The lowest BCUT2D eigenvalue weighted by Crippen LogP contribution is -2.65. The largest absolute Gasteiger partial charge is 0.466 e. The average molecular weight is 873 g/mol. The number of allylic oxidation sites excluding steroid dienone is 3. The van der Waals surface area contributed by atoms with Crippen LogP contribution in [0.5, 0.6) is 0 Å². The van der Waals surface area contributed by atoms with E-state index in [2.05, 4.69) is 0 Å². The monoisotopic (exact) mass is 872 g/mol. The molecule has 0 saturated carbocycles. The van der Waals surface area contributed by atoms with Crippen molar-refractivity contribution in [3.05, 3.63) is 59.9 Å². The smallest absolute Gasteiger partial charge is 0.331 e. The first-order valence-corrected chi connectivity index (χ1v) is 21.5. The van der Waals surface area contributed by atoms with Crippen LogP contribution >= 0.6 is 0 Å². The molecule has 0 unspecified atom stereocenters. The predicted octanol–water partition coefficient (Wildman–Crippen LogP) is 4.88. The van der Waals surface area contributed by atoms with Gasteiger partial charge in [-0.15, -0.1) is 0 Å². The van der Waals surface area contributed by atoms with Crippen molar-refractivity contribution in [1.82, 2.24) is 0 Å². The Morgan fingerprint density at radius 2 is 1.69 bits per heavy atom. The lowest BCUT2D eigenvalue weighted by atomic mass is 9.70. The van der Waals surface area contributed by atoms with Gasteiger partial charge in [-0.05, 0) is 46.1 Å². The fourth-order valence-electron chi connectivity index (χ4n) is 8.83. The number of fused-ring (bicyclic) bond motifs is 6. The van der Waals surface area contributed by atoms with E-state index in [1.165, 1.54) is 33.1 Å². The molecule has 0 aromatic heterocycles. The molecule has 0 amide bonds. The highest BCUT2D eigenvalue weighted by Crippen LogP contribution is 2.53. The van der Waals surface area contributed by atoms with Crippen LogP contribution in [0.25, 0.3) is 0 Å². The van der Waals surface area contributed by atoms with Gasteiger partial charge in [0, 0.05) is 50.7 Å². The molecule has 5 aliphatic rings. The summed E-state index contributed by atoms with van der Waals surface area (Å²) in [7, 11) is 1.26. The van der Waals surface area contributed by atoms with E-state index in [1.54, 1.807) is 58.1 Å². The lowest BCUT2D eigenvalue weighted by Gasteiger charge is -2.54. The highest BCUT2D eigenvalue weighted by atomic mass is 16.7. The number of aliphatic hydroxyl groups excluding tert-OH is 2. The Morgan fingerprint density at radius 1 is 0.952 bits per heavy atom. The molecule has 16 heteroatoms. The molecule has 5 heterocycles. The molecular formula is C46H64O16. The van der Waals surface area contributed by atoms with Gasteiger partial charge in [0.25, 0.3) is 5.79 Å². The molecule has 0 aromatic carbocycles. The van der Waals surface area contributed by atoms with E-state index in [-0.39, 0.29) is 50.7 Å². The minimum absolute atomic E-state index is 0.0956. The summed E-state index contributed by atoms with van der Waals surface area (Å²) in [5.41, 5.74) is -1.89. The van der Waals surface area contributed by atoms with E-state index in [1.807, 2.05) is 13.0 Å². The summed E-state index contributed by atoms with van der Waals surface area (Å²) in [6.07, 6.45) is 5.73. The number of carbonyl (C=O) groups excluding carboxylic acids is 5. The van der Waals surface area contributed by atoms with Crippen LogP contribution in [0, 0.1) is 16.7 Å². The summed E-state index contributed by atoms with van der Waals surface area (Å²) in [5.74, 6) is -7.93. The van der Waals surface area contributed by atoms with Gasteiger partial charge in [-0.3, -0.25) is 14.4 Å². The standard InChI is InChI=1S/C46H64O16/c1-9-10-11-12-13-14-38(50)59-42-30-20-33-24-36(27(2)47)58-40(52)23-31(49)22-34-25-37(56-28(3)48)44(6,7)45(54,60-34)26-35-18-29(19-39(51)55-8)17-32(57-35)15-16-43(4,5)46(42,61-33)62-41(53)21-30/h11-16,19-20,27,30-32,34-37,42,47,49,54H,9-10,17-18,21-26H2,1-8H3/b12-11+,14-13+,16-15+,29-19-/t27-,30+,31-,32+,34-,35+,36-,37+,42+,45+,46+/m1/s1. The Kier molecular flexibility index (Phi) is 15.7. The van der Waals surface area contributed by atoms with E-state index >= 15 is 0 Å². The van der Waals surface area contributed by atoms with Gasteiger partial charge in [-0.2, -0.15) is 0 Å². The summed E-state index contributed by atoms with van der Waals surface area (Å²) in [5, 5.41) is 34.6. The highest BCUT2D eigenvalue weighted by molar-refractivity contribution is 5.83. The summed E-state index contributed by atoms with van der Waals surface area (Å²) >= 11 is 0. The minimum atomic E-state index is -2.03. The molecular weight excluding hydrogens is 808 g/mol. The molecule has 5 rings (SSSR count). The Hall–Kier alpha value is -4.35.